The molecule has 0 unspecified atom stereocenters. The third kappa shape index (κ3) is 2.65. The summed E-state index contributed by atoms with van der Waals surface area (Å²) in [6.07, 6.45) is 3.98. The molecule has 0 aromatic heterocycles. The number of halogens is 1. The zero-order valence-electron chi connectivity index (χ0n) is 9.53. The van der Waals surface area contributed by atoms with Crippen LogP contribution in [0.25, 0.3) is 0 Å². The lowest BCUT2D eigenvalue weighted by molar-refractivity contribution is 0.167. The van der Waals surface area contributed by atoms with Crippen molar-refractivity contribution in [3.63, 3.8) is 0 Å². The van der Waals surface area contributed by atoms with Crippen molar-refractivity contribution in [3.05, 3.63) is 34.3 Å². The Kier molecular flexibility index (Phi) is 4.38. The van der Waals surface area contributed by atoms with Crippen molar-refractivity contribution < 1.29 is 0 Å². The number of hydrogen-bond donors (Lipinski definition) is 1. The maximum absolute atomic E-state index is 5.94. The SMILES string of the molecule is NC[C@H](c1ccccc1Br)N1CCCCC1. The number of hydrogen-bond acceptors (Lipinski definition) is 2. The van der Waals surface area contributed by atoms with Gasteiger partial charge >= 0.3 is 0 Å². The van der Waals surface area contributed by atoms with E-state index >= 15 is 0 Å². The van der Waals surface area contributed by atoms with Crippen LogP contribution in [-0.4, -0.2) is 24.5 Å². The number of nitrogens with zero attached hydrogens (tertiary/aromatic N) is 1. The van der Waals surface area contributed by atoms with E-state index < -0.39 is 0 Å². The van der Waals surface area contributed by atoms with Gasteiger partial charge in [-0.25, -0.2) is 0 Å². The molecule has 1 aromatic carbocycles. The Morgan fingerprint density at radius 3 is 2.50 bits per heavy atom. The largest absolute Gasteiger partial charge is 0.329 e. The van der Waals surface area contributed by atoms with E-state index in [0.717, 1.165) is 0 Å². The summed E-state index contributed by atoms with van der Waals surface area (Å²) in [4.78, 5) is 2.52. The van der Waals surface area contributed by atoms with Crippen LogP contribution >= 0.6 is 15.9 Å². The molecule has 0 aliphatic carbocycles. The Morgan fingerprint density at radius 1 is 1.19 bits per heavy atom. The van der Waals surface area contributed by atoms with Gasteiger partial charge in [0.2, 0.25) is 0 Å². The van der Waals surface area contributed by atoms with Crippen LogP contribution < -0.4 is 5.73 Å². The van der Waals surface area contributed by atoms with Crippen LogP contribution in [0, 0.1) is 0 Å². The molecular formula is C13H19BrN2. The molecule has 1 saturated heterocycles. The van der Waals surface area contributed by atoms with Crippen molar-refractivity contribution in [2.24, 2.45) is 5.73 Å². The van der Waals surface area contributed by atoms with E-state index in [4.69, 9.17) is 5.73 Å². The van der Waals surface area contributed by atoms with Crippen LogP contribution in [0.1, 0.15) is 30.9 Å². The van der Waals surface area contributed by atoms with Crippen molar-refractivity contribution in [2.45, 2.75) is 25.3 Å². The van der Waals surface area contributed by atoms with E-state index in [0.29, 0.717) is 12.6 Å². The zero-order valence-corrected chi connectivity index (χ0v) is 11.1. The van der Waals surface area contributed by atoms with Gasteiger partial charge in [0, 0.05) is 17.1 Å². The first-order valence-electron chi connectivity index (χ1n) is 6.01. The molecule has 1 atom stereocenters. The van der Waals surface area contributed by atoms with E-state index in [-0.39, 0.29) is 0 Å². The summed E-state index contributed by atoms with van der Waals surface area (Å²) in [5, 5.41) is 0. The average molecular weight is 283 g/mol. The molecule has 3 heteroatoms. The van der Waals surface area contributed by atoms with Crippen LogP contribution in [0.5, 0.6) is 0 Å². The molecule has 0 amide bonds. The molecule has 0 bridgehead atoms. The zero-order chi connectivity index (χ0) is 11.4. The molecule has 2 N–H and O–H groups in total. The summed E-state index contributed by atoms with van der Waals surface area (Å²) < 4.78 is 1.18. The predicted octanol–water partition coefficient (Wildman–Crippen LogP) is 2.93. The summed E-state index contributed by atoms with van der Waals surface area (Å²) in [6, 6.07) is 8.79. The topological polar surface area (TPSA) is 29.3 Å². The highest BCUT2D eigenvalue weighted by Crippen LogP contribution is 2.29. The van der Waals surface area contributed by atoms with Gasteiger partial charge in [0.15, 0.2) is 0 Å². The minimum Gasteiger partial charge on any atom is -0.329 e. The van der Waals surface area contributed by atoms with E-state index in [2.05, 4.69) is 45.1 Å². The first-order chi connectivity index (χ1) is 7.83. The summed E-state index contributed by atoms with van der Waals surface area (Å²) in [5.41, 5.74) is 7.27. The van der Waals surface area contributed by atoms with Gasteiger partial charge in [0.1, 0.15) is 0 Å². The second kappa shape index (κ2) is 5.80. The smallest absolute Gasteiger partial charge is 0.0481 e. The average Bonchev–Trinajstić information content (AvgIpc) is 2.34. The number of nitrogens with two attached hydrogens (primary N) is 1. The lowest BCUT2D eigenvalue weighted by Crippen LogP contribution is -2.37. The fourth-order valence-corrected chi connectivity index (χ4v) is 3.00. The second-order valence-electron chi connectivity index (χ2n) is 4.37. The van der Waals surface area contributed by atoms with Gasteiger partial charge in [-0.2, -0.15) is 0 Å². The molecule has 1 aliphatic heterocycles. The molecule has 1 aliphatic rings. The summed E-state index contributed by atoms with van der Waals surface area (Å²) in [6.45, 7) is 3.06. The van der Waals surface area contributed by atoms with Crippen LogP contribution in [0.4, 0.5) is 0 Å². The van der Waals surface area contributed by atoms with Gasteiger partial charge in [0.25, 0.3) is 0 Å². The molecule has 0 spiro atoms. The van der Waals surface area contributed by atoms with Crippen LogP contribution in [0.15, 0.2) is 28.7 Å². The van der Waals surface area contributed by atoms with Crippen molar-refractivity contribution in [1.29, 1.82) is 0 Å². The molecule has 16 heavy (non-hydrogen) atoms. The number of benzene rings is 1. The summed E-state index contributed by atoms with van der Waals surface area (Å²) in [7, 11) is 0. The second-order valence-corrected chi connectivity index (χ2v) is 5.22. The Hall–Kier alpha value is -0.380. The lowest BCUT2D eigenvalue weighted by Gasteiger charge is -2.34. The van der Waals surface area contributed by atoms with Crippen LogP contribution in [0.3, 0.4) is 0 Å². The molecular weight excluding hydrogens is 264 g/mol. The van der Waals surface area contributed by atoms with E-state index in [1.807, 2.05) is 0 Å². The monoisotopic (exact) mass is 282 g/mol. The summed E-state index contributed by atoms with van der Waals surface area (Å²) in [5.74, 6) is 0. The normalized spacial score (nSPS) is 19.6. The first-order valence-corrected chi connectivity index (χ1v) is 6.81. The maximum Gasteiger partial charge on any atom is 0.0481 e. The highest BCUT2D eigenvalue weighted by atomic mass is 79.9. The van der Waals surface area contributed by atoms with Gasteiger partial charge in [-0.15, -0.1) is 0 Å². The van der Waals surface area contributed by atoms with Crippen molar-refractivity contribution in [2.75, 3.05) is 19.6 Å². The Labute approximate surface area is 106 Å². The molecule has 1 fully saturated rings. The van der Waals surface area contributed by atoms with Crippen molar-refractivity contribution in [1.82, 2.24) is 4.90 Å². The molecule has 2 nitrogen and oxygen atoms in total. The van der Waals surface area contributed by atoms with Crippen molar-refractivity contribution >= 4 is 15.9 Å². The number of rotatable bonds is 3. The molecule has 0 radical (unpaired) electrons. The van der Waals surface area contributed by atoms with Gasteiger partial charge in [-0.05, 0) is 37.6 Å². The minimum atomic E-state index is 0.371. The van der Waals surface area contributed by atoms with Gasteiger partial charge < -0.3 is 5.73 Å². The number of piperidine rings is 1. The highest BCUT2D eigenvalue weighted by Gasteiger charge is 2.22. The fourth-order valence-electron chi connectivity index (χ4n) is 2.45. The first kappa shape index (κ1) is 12.1. The molecule has 0 saturated carbocycles. The van der Waals surface area contributed by atoms with Crippen molar-refractivity contribution in [3.8, 4) is 0 Å². The number of likely N-dealkylation sites (tertiary alicyclic amines) is 1. The standard InChI is InChI=1S/C13H19BrN2/c14-12-7-3-2-6-11(12)13(10-15)16-8-4-1-5-9-16/h2-3,6-7,13H,1,4-5,8-10,15H2/t13-/m1/s1. The highest BCUT2D eigenvalue weighted by molar-refractivity contribution is 9.10. The van der Waals surface area contributed by atoms with E-state index in [9.17, 15) is 0 Å². The molecule has 1 heterocycles. The Morgan fingerprint density at radius 2 is 1.88 bits per heavy atom. The molecule has 1 aromatic rings. The van der Waals surface area contributed by atoms with Gasteiger partial charge in [-0.1, -0.05) is 40.5 Å². The quantitative estimate of drug-likeness (QED) is 0.924. The van der Waals surface area contributed by atoms with Crippen LogP contribution in [0.2, 0.25) is 0 Å². The molecule has 2 rings (SSSR count). The van der Waals surface area contributed by atoms with E-state index in [1.54, 1.807) is 0 Å². The summed E-state index contributed by atoms with van der Waals surface area (Å²) >= 11 is 3.62. The van der Waals surface area contributed by atoms with E-state index in [1.165, 1.54) is 42.4 Å². The molecule has 88 valence electrons. The lowest BCUT2D eigenvalue weighted by atomic mass is 10.0. The Bertz CT molecular complexity index is 334. The van der Waals surface area contributed by atoms with Gasteiger partial charge in [-0.3, -0.25) is 4.90 Å². The maximum atomic E-state index is 5.94. The van der Waals surface area contributed by atoms with Crippen LogP contribution in [-0.2, 0) is 0 Å². The predicted molar refractivity (Wildman–Crippen MR) is 71.4 cm³/mol. The minimum absolute atomic E-state index is 0.371. The third-order valence-electron chi connectivity index (χ3n) is 3.32. The Balaban J connectivity index is 2.18. The van der Waals surface area contributed by atoms with Gasteiger partial charge in [0.05, 0.1) is 0 Å². The third-order valence-corrected chi connectivity index (χ3v) is 4.04. The fraction of sp³-hybridized carbons (Fsp3) is 0.538.